The number of piperidine rings is 1. The van der Waals surface area contributed by atoms with Crippen molar-refractivity contribution in [1.29, 1.82) is 0 Å². The predicted molar refractivity (Wildman–Crippen MR) is 119 cm³/mol. The molecule has 2 fully saturated rings. The minimum atomic E-state index is 0. The topological polar surface area (TPSA) is 60.0 Å². The Labute approximate surface area is 176 Å². The average Bonchev–Trinajstić information content (AvgIpc) is 2.65. The lowest BCUT2D eigenvalue weighted by Crippen LogP contribution is -2.59. The summed E-state index contributed by atoms with van der Waals surface area (Å²) in [5.74, 6) is 0.952. The lowest BCUT2D eigenvalue weighted by atomic mass is 9.79. The fourth-order valence-electron chi connectivity index (χ4n) is 4.16. The van der Waals surface area contributed by atoms with E-state index in [1.54, 1.807) is 26.0 Å². The van der Waals surface area contributed by atoms with Crippen LogP contribution in [0.25, 0.3) is 0 Å². The van der Waals surface area contributed by atoms with E-state index in [1.807, 2.05) is 0 Å². The highest BCUT2D eigenvalue weighted by Gasteiger charge is 2.38. The van der Waals surface area contributed by atoms with Crippen molar-refractivity contribution >= 4 is 35.8 Å². The Bertz CT molecular complexity index is 443. The maximum Gasteiger partial charge on any atom is 0.223 e. The van der Waals surface area contributed by atoms with E-state index < -0.39 is 0 Å². The molecule has 0 aromatic rings. The van der Waals surface area contributed by atoms with Gasteiger partial charge >= 0.3 is 0 Å². The van der Waals surface area contributed by atoms with E-state index in [0.717, 1.165) is 12.5 Å². The maximum absolute atomic E-state index is 11.7. The number of carbonyl (C=O) groups excluding carboxylic acids is 1. The second-order valence-electron chi connectivity index (χ2n) is 7.72. The quantitative estimate of drug-likeness (QED) is 0.349. The number of guanidine groups is 1. The van der Waals surface area contributed by atoms with Gasteiger partial charge in [-0.05, 0) is 38.8 Å². The van der Waals surface area contributed by atoms with E-state index in [0.29, 0.717) is 13.0 Å². The molecule has 1 aliphatic carbocycles. The third-order valence-corrected chi connectivity index (χ3v) is 5.75. The van der Waals surface area contributed by atoms with Gasteiger partial charge in [0.05, 0.1) is 0 Å². The Morgan fingerprint density at radius 1 is 1.04 bits per heavy atom. The molecule has 0 bridgehead atoms. The van der Waals surface area contributed by atoms with Crippen molar-refractivity contribution in [3.8, 4) is 0 Å². The summed E-state index contributed by atoms with van der Waals surface area (Å²) in [6, 6.07) is 0. The molecule has 2 rings (SSSR count). The van der Waals surface area contributed by atoms with E-state index in [1.165, 1.54) is 64.5 Å². The lowest BCUT2D eigenvalue weighted by molar-refractivity contribution is -0.128. The van der Waals surface area contributed by atoms with E-state index in [4.69, 9.17) is 0 Å². The number of nitrogens with zero attached hydrogens (tertiary/aromatic N) is 3. The highest BCUT2D eigenvalue weighted by molar-refractivity contribution is 14.0. The van der Waals surface area contributed by atoms with Gasteiger partial charge in [-0.3, -0.25) is 14.7 Å². The van der Waals surface area contributed by atoms with Crippen LogP contribution in [0.15, 0.2) is 4.99 Å². The molecule has 1 heterocycles. The fraction of sp³-hybridized carbons (Fsp3) is 0.895. The van der Waals surface area contributed by atoms with Gasteiger partial charge in [0, 0.05) is 46.2 Å². The number of likely N-dealkylation sites (tertiary alicyclic amines) is 1. The summed E-state index contributed by atoms with van der Waals surface area (Å²) in [6.07, 6.45) is 11.2. The van der Waals surface area contributed by atoms with Crippen molar-refractivity contribution < 1.29 is 4.79 Å². The summed E-state index contributed by atoms with van der Waals surface area (Å²) in [7, 11) is 5.39. The number of nitrogens with one attached hydrogen (secondary N) is 2. The Morgan fingerprint density at radius 3 is 2.23 bits per heavy atom. The summed E-state index contributed by atoms with van der Waals surface area (Å²) in [4.78, 5) is 20.4. The Kier molecular flexibility index (Phi) is 10.8. The number of carbonyl (C=O) groups is 1. The van der Waals surface area contributed by atoms with Gasteiger partial charge < -0.3 is 15.5 Å². The van der Waals surface area contributed by atoms with Gasteiger partial charge in [-0.15, -0.1) is 24.0 Å². The zero-order chi connectivity index (χ0) is 18.1. The normalized spacial score (nSPS) is 20.8. The molecule has 1 saturated heterocycles. The number of halogens is 1. The molecule has 0 atom stereocenters. The molecule has 1 saturated carbocycles. The smallest absolute Gasteiger partial charge is 0.223 e. The number of hydrogen-bond donors (Lipinski definition) is 2. The summed E-state index contributed by atoms with van der Waals surface area (Å²) < 4.78 is 0. The monoisotopic (exact) mass is 479 g/mol. The molecule has 0 unspecified atom stereocenters. The lowest BCUT2D eigenvalue weighted by Gasteiger charge is -2.48. The van der Waals surface area contributed by atoms with Crippen LogP contribution < -0.4 is 10.6 Å². The van der Waals surface area contributed by atoms with Crippen LogP contribution >= 0.6 is 24.0 Å². The first kappa shape index (κ1) is 23.5. The van der Waals surface area contributed by atoms with Crippen LogP contribution in [0.2, 0.25) is 0 Å². The van der Waals surface area contributed by atoms with Crippen molar-refractivity contribution in [2.75, 3.05) is 47.3 Å². The molecule has 0 spiro atoms. The van der Waals surface area contributed by atoms with Gasteiger partial charge in [0.25, 0.3) is 0 Å². The molecule has 2 N–H and O–H groups in total. The largest absolute Gasteiger partial charge is 0.356 e. The van der Waals surface area contributed by atoms with Crippen molar-refractivity contribution in [2.45, 2.75) is 63.3 Å². The maximum atomic E-state index is 11.7. The molecule has 1 amide bonds. The molecular formula is C19H38IN5O. The molecule has 26 heavy (non-hydrogen) atoms. The standard InChI is InChI=1S/C19H37N5O.HI/c1-20-18(21-13-10-17(25)23(2)3)22-16-19(11-6-4-7-12-19)24-14-8-5-9-15-24;/h4-16H2,1-3H3,(H2,20,21,22);1H. The number of hydrogen-bond acceptors (Lipinski definition) is 3. The molecule has 7 heteroatoms. The Balaban J connectivity index is 0.00000338. The van der Waals surface area contributed by atoms with Crippen LogP contribution in [-0.4, -0.2) is 74.5 Å². The molecule has 2 aliphatic rings. The average molecular weight is 479 g/mol. The summed E-state index contributed by atoms with van der Waals surface area (Å²) in [6.45, 7) is 4.05. The summed E-state index contributed by atoms with van der Waals surface area (Å²) >= 11 is 0. The predicted octanol–water partition coefficient (Wildman–Crippen LogP) is 2.44. The molecule has 6 nitrogen and oxygen atoms in total. The second kappa shape index (κ2) is 12.0. The van der Waals surface area contributed by atoms with Gasteiger partial charge in [-0.2, -0.15) is 0 Å². The van der Waals surface area contributed by atoms with Crippen molar-refractivity contribution in [3.63, 3.8) is 0 Å². The molecule has 0 radical (unpaired) electrons. The van der Waals surface area contributed by atoms with E-state index >= 15 is 0 Å². The first-order valence-electron chi connectivity index (χ1n) is 9.97. The van der Waals surface area contributed by atoms with Gasteiger partial charge in [0.15, 0.2) is 5.96 Å². The van der Waals surface area contributed by atoms with Crippen LogP contribution in [0.1, 0.15) is 57.8 Å². The van der Waals surface area contributed by atoms with Crippen LogP contribution in [0.5, 0.6) is 0 Å². The minimum absolute atomic E-state index is 0. The van der Waals surface area contributed by atoms with Crippen LogP contribution in [0.3, 0.4) is 0 Å². The van der Waals surface area contributed by atoms with Crippen molar-refractivity contribution in [3.05, 3.63) is 0 Å². The second-order valence-corrected chi connectivity index (χ2v) is 7.72. The molecule has 0 aromatic heterocycles. The first-order valence-corrected chi connectivity index (χ1v) is 9.97. The summed E-state index contributed by atoms with van der Waals surface area (Å²) in [5.41, 5.74) is 0.287. The van der Waals surface area contributed by atoms with Crippen molar-refractivity contribution in [1.82, 2.24) is 20.4 Å². The highest BCUT2D eigenvalue weighted by atomic mass is 127. The highest BCUT2D eigenvalue weighted by Crippen LogP contribution is 2.35. The van der Waals surface area contributed by atoms with Crippen LogP contribution in [0.4, 0.5) is 0 Å². The van der Waals surface area contributed by atoms with Gasteiger partial charge in [-0.1, -0.05) is 25.7 Å². The van der Waals surface area contributed by atoms with E-state index in [2.05, 4.69) is 20.5 Å². The summed E-state index contributed by atoms with van der Waals surface area (Å²) in [5, 5.41) is 6.84. The fourth-order valence-corrected chi connectivity index (χ4v) is 4.16. The molecule has 152 valence electrons. The minimum Gasteiger partial charge on any atom is -0.356 e. The Hall–Kier alpha value is -0.570. The molecule has 1 aliphatic heterocycles. The Morgan fingerprint density at radius 2 is 1.65 bits per heavy atom. The number of aliphatic imine (C=N–C) groups is 1. The SMILES string of the molecule is CN=C(NCCC(=O)N(C)C)NCC1(N2CCCCC2)CCCCC1.I. The number of amides is 1. The zero-order valence-corrected chi connectivity index (χ0v) is 19.2. The van der Waals surface area contributed by atoms with Gasteiger partial charge in [0.1, 0.15) is 0 Å². The van der Waals surface area contributed by atoms with Gasteiger partial charge in [-0.25, -0.2) is 0 Å². The van der Waals surface area contributed by atoms with E-state index in [-0.39, 0.29) is 35.4 Å². The number of rotatable bonds is 6. The van der Waals surface area contributed by atoms with Gasteiger partial charge in [0.2, 0.25) is 5.91 Å². The zero-order valence-electron chi connectivity index (χ0n) is 16.9. The third-order valence-electron chi connectivity index (χ3n) is 5.75. The van der Waals surface area contributed by atoms with Crippen LogP contribution in [0, 0.1) is 0 Å². The van der Waals surface area contributed by atoms with Crippen LogP contribution in [-0.2, 0) is 4.79 Å². The molecule has 0 aromatic carbocycles. The van der Waals surface area contributed by atoms with Crippen molar-refractivity contribution in [2.24, 2.45) is 4.99 Å². The first-order chi connectivity index (χ1) is 12.1. The third kappa shape index (κ3) is 6.87. The molecular weight excluding hydrogens is 441 g/mol. The van der Waals surface area contributed by atoms with E-state index in [9.17, 15) is 4.79 Å².